The lowest BCUT2D eigenvalue weighted by Crippen LogP contribution is -1.99. The Kier molecular flexibility index (Phi) is 6.63. The Balaban J connectivity index is 3.39. The second kappa shape index (κ2) is 7.36. The molecule has 0 aromatic heterocycles. The molecule has 2 N–H and O–H groups in total. The van der Waals surface area contributed by atoms with Gasteiger partial charge in [0.2, 0.25) is 0 Å². The van der Waals surface area contributed by atoms with Gasteiger partial charge in [0.05, 0.1) is 6.61 Å². The van der Waals surface area contributed by atoms with Crippen molar-refractivity contribution in [2.45, 2.75) is 12.8 Å². The largest absolute Gasteiger partial charge is 0.502 e. The summed E-state index contributed by atoms with van der Waals surface area (Å²) in [6.07, 6.45) is 4.09. The first-order valence-corrected chi connectivity index (χ1v) is 3.99. The molecular weight excluding hydrogens is 172 g/mol. The van der Waals surface area contributed by atoms with Crippen LogP contribution in [0.1, 0.15) is 12.8 Å². The summed E-state index contributed by atoms with van der Waals surface area (Å²) < 4.78 is 5.05. The molecule has 0 spiro atoms. The predicted molar refractivity (Wildman–Crippen MR) is 48.6 cm³/mol. The summed E-state index contributed by atoms with van der Waals surface area (Å²) in [6.45, 7) is 4.51. The van der Waals surface area contributed by atoms with Gasteiger partial charge in [-0.1, -0.05) is 6.08 Å². The number of allylic oxidation sites excluding steroid dienone is 1. The highest BCUT2D eigenvalue weighted by Crippen LogP contribution is 1.96. The van der Waals surface area contributed by atoms with Crippen LogP contribution in [0.4, 0.5) is 0 Å². The number of hydrogen-bond donors (Lipinski definition) is 2. The van der Waals surface area contributed by atoms with Crippen molar-refractivity contribution in [2.75, 3.05) is 13.2 Å². The average molecular weight is 186 g/mol. The van der Waals surface area contributed by atoms with E-state index in [9.17, 15) is 4.79 Å². The number of aliphatic carboxylic acids is 1. The molecule has 0 rings (SSSR count). The van der Waals surface area contributed by atoms with E-state index in [0.717, 1.165) is 0 Å². The first kappa shape index (κ1) is 11.7. The number of carboxylic acid groups (broad SMARTS) is 1. The second-order valence-corrected chi connectivity index (χ2v) is 2.40. The zero-order chi connectivity index (χ0) is 10.1. The van der Waals surface area contributed by atoms with E-state index in [4.69, 9.17) is 14.9 Å². The number of unbranched alkanes of at least 4 members (excludes halogenated alkanes) is 1. The summed E-state index contributed by atoms with van der Waals surface area (Å²) in [4.78, 5) is 10.1. The SMILES string of the molecule is C=CCOCCC/C=C(\O)C(=O)O. The van der Waals surface area contributed by atoms with Crippen LogP contribution in [0.5, 0.6) is 0 Å². The molecule has 0 radical (unpaired) electrons. The van der Waals surface area contributed by atoms with Crippen molar-refractivity contribution < 1.29 is 19.7 Å². The van der Waals surface area contributed by atoms with Gasteiger partial charge in [0.15, 0.2) is 5.76 Å². The Morgan fingerprint density at radius 2 is 2.15 bits per heavy atom. The van der Waals surface area contributed by atoms with Gasteiger partial charge in [0.1, 0.15) is 0 Å². The van der Waals surface area contributed by atoms with Crippen LogP contribution in [0.25, 0.3) is 0 Å². The fraction of sp³-hybridized carbons (Fsp3) is 0.444. The first-order chi connectivity index (χ1) is 6.18. The van der Waals surface area contributed by atoms with Crippen LogP contribution in [0, 0.1) is 0 Å². The van der Waals surface area contributed by atoms with E-state index in [-0.39, 0.29) is 0 Å². The maximum atomic E-state index is 10.1. The first-order valence-electron chi connectivity index (χ1n) is 3.99. The average Bonchev–Trinajstić information content (AvgIpc) is 2.10. The van der Waals surface area contributed by atoms with Gasteiger partial charge < -0.3 is 14.9 Å². The molecule has 0 unspecified atom stereocenters. The molecule has 0 amide bonds. The highest BCUT2D eigenvalue weighted by atomic mass is 16.5. The van der Waals surface area contributed by atoms with Crippen molar-refractivity contribution in [3.63, 3.8) is 0 Å². The molecule has 0 aliphatic rings. The van der Waals surface area contributed by atoms with Crippen LogP contribution in [0.2, 0.25) is 0 Å². The molecule has 0 atom stereocenters. The minimum atomic E-state index is -1.30. The quantitative estimate of drug-likeness (QED) is 0.273. The van der Waals surface area contributed by atoms with Crippen LogP contribution < -0.4 is 0 Å². The molecule has 0 aromatic carbocycles. The fourth-order valence-electron chi connectivity index (χ4n) is 0.678. The van der Waals surface area contributed by atoms with Gasteiger partial charge in [0, 0.05) is 6.61 Å². The van der Waals surface area contributed by atoms with Gasteiger partial charge >= 0.3 is 5.97 Å². The summed E-state index contributed by atoms with van der Waals surface area (Å²) in [6, 6.07) is 0. The highest BCUT2D eigenvalue weighted by molar-refractivity contribution is 5.83. The van der Waals surface area contributed by atoms with E-state index in [2.05, 4.69) is 6.58 Å². The standard InChI is InChI=1S/C9H14O4/c1-2-6-13-7-4-3-5-8(10)9(11)12/h2,5,10H,1,3-4,6-7H2,(H,11,12)/b8-5-. The Morgan fingerprint density at radius 3 is 2.69 bits per heavy atom. The molecule has 0 aliphatic carbocycles. The van der Waals surface area contributed by atoms with Crippen molar-refractivity contribution in [3.05, 3.63) is 24.5 Å². The van der Waals surface area contributed by atoms with Gasteiger partial charge in [-0.05, 0) is 18.9 Å². The second-order valence-electron chi connectivity index (χ2n) is 2.40. The molecule has 0 saturated heterocycles. The molecule has 0 bridgehead atoms. The number of aliphatic hydroxyl groups is 1. The Labute approximate surface area is 77.1 Å². The maximum absolute atomic E-state index is 10.1. The van der Waals surface area contributed by atoms with Gasteiger partial charge in [0.25, 0.3) is 0 Å². The van der Waals surface area contributed by atoms with Crippen molar-refractivity contribution in [1.82, 2.24) is 0 Å². The van der Waals surface area contributed by atoms with Crippen LogP contribution in [0.3, 0.4) is 0 Å². The van der Waals surface area contributed by atoms with E-state index in [0.29, 0.717) is 26.1 Å². The van der Waals surface area contributed by atoms with Crippen molar-refractivity contribution in [3.8, 4) is 0 Å². The van der Waals surface area contributed by atoms with E-state index in [1.807, 2.05) is 0 Å². The van der Waals surface area contributed by atoms with E-state index in [1.54, 1.807) is 6.08 Å². The molecule has 0 saturated carbocycles. The van der Waals surface area contributed by atoms with Crippen molar-refractivity contribution >= 4 is 5.97 Å². The van der Waals surface area contributed by atoms with E-state index < -0.39 is 11.7 Å². The zero-order valence-electron chi connectivity index (χ0n) is 7.40. The van der Waals surface area contributed by atoms with Gasteiger partial charge in [-0.25, -0.2) is 4.79 Å². The third kappa shape index (κ3) is 7.08. The minimum absolute atomic E-state index is 0.495. The molecule has 4 heteroatoms. The van der Waals surface area contributed by atoms with E-state index in [1.165, 1.54) is 6.08 Å². The number of carbonyl (C=O) groups is 1. The summed E-state index contributed by atoms with van der Waals surface area (Å²) >= 11 is 0. The predicted octanol–water partition coefficient (Wildman–Crippen LogP) is 1.50. The molecule has 0 fully saturated rings. The molecular formula is C9H14O4. The van der Waals surface area contributed by atoms with Crippen molar-refractivity contribution in [2.24, 2.45) is 0 Å². The van der Waals surface area contributed by atoms with Gasteiger partial charge in [-0.2, -0.15) is 0 Å². The summed E-state index contributed by atoms with van der Waals surface area (Å²) in [5.41, 5.74) is 0. The molecule has 0 aromatic rings. The lowest BCUT2D eigenvalue weighted by atomic mass is 10.3. The van der Waals surface area contributed by atoms with Crippen molar-refractivity contribution in [1.29, 1.82) is 0 Å². The minimum Gasteiger partial charge on any atom is -0.502 e. The molecule has 13 heavy (non-hydrogen) atoms. The third-order valence-corrected chi connectivity index (χ3v) is 1.29. The molecule has 0 aliphatic heterocycles. The monoisotopic (exact) mass is 186 g/mol. The number of aliphatic hydroxyl groups excluding tert-OH is 1. The molecule has 4 nitrogen and oxygen atoms in total. The third-order valence-electron chi connectivity index (χ3n) is 1.29. The lowest BCUT2D eigenvalue weighted by molar-refractivity contribution is -0.135. The zero-order valence-corrected chi connectivity index (χ0v) is 7.40. The lowest BCUT2D eigenvalue weighted by Gasteiger charge is -1.97. The Bertz CT molecular complexity index is 196. The smallest absolute Gasteiger partial charge is 0.370 e. The van der Waals surface area contributed by atoms with Crippen LogP contribution in [0.15, 0.2) is 24.5 Å². The van der Waals surface area contributed by atoms with Crippen LogP contribution in [-0.2, 0) is 9.53 Å². The topological polar surface area (TPSA) is 66.8 Å². The number of rotatable bonds is 7. The normalized spacial score (nSPS) is 11.2. The number of ether oxygens (including phenoxy) is 1. The summed E-state index contributed by atoms with van der Waals surface area (Å²) in [5, 5.41) is 17.0. The number of hydrogen-bond acceptors (Lipinski definition) is 3. The number of carboxylic acids is 1. The highest BCUT2D eigenvalue weighted by Gasteiger charge is 2.00. The summed E-state index contributed by atoms with van der Waals surface area (Å²) in [7, 11) is 0. The molecule has 0 heterocycles. The Morgan fingerprint density at radius 1 is 1.46 bits per heavy atom. The van der Waals surface area contributed by atoms with E-state index >= 15 is 0 Å². The molecule has 74 valence electrons. The maximum Gasteiger partial charge on any atom is 0.370 e. The van der Waals surface area contributed by atoms with Gasteiger partial charge in [-0.15, -0.1) is 6.58 Å². The Hall–Kier alpha value is -1.29. The fourth-order valence-corrected chi connectivity index (χ4v) is 0.678. The van der Waals surface area contributed by atoms with Crippen LogP contribution >= 0.6 is 0 Å². The van der Waals surface area contributed by atoms with Gasteiger partial charge in [-0.3, -0.25) is 0 Å². The summed E-state index contributed by atoms with van der Waals surface area (Å²) in [5.74, 6) is -1.91. The van der Waals surface area contributed by atoms with Crippen LogP contribution in [-0.4, -0.2) is 29.4 Å².